The Hall–Kier alpha value is -1.35. The number of carbonyl (C=O) groups is 1. The second-order valence-corrected chi connectivity index (χ2v) is 3.87. The molecule has 0 bridgehead atoms. The van der Waals surface area contributed by atoms with E-state index in [1.807, 2.05) is 25.1 Å². The van der Waals surface area contributed by atoms with E-state index in [-0.39, 0.29) is 0 Å². The highest BCUT2D eigenvalue weighted by molar-refractivity contribution is 7.20. The minimum absolute atomic E-state index is 0.456. The highest BCUT2D eigenvalue weighted by Crippen LogP contribution is 2.31. The molecule has 1 heterocycles. The van der Waals surface area contributed by atoms with Crippen LogP contribution in [0.3, 0.4) is 0 Å². The van der Waals surface area contributed by atoms with E-state index in [2.05, 4.69) is 6.07 Å². The smallest absolute Gasteiger partial charge is 0.299 e. The number of ether oxygens (including phenoxy) is 1. The van der Waals surface area contributed by atoms with Crippen LogP contribution in [0.1, 0.15) is 5.56 Å². The number of rotatable bonds is 2. The molecule has 0 fully saturated rings. The molecule has 2 rings (SSSR count). The summed E-state index contributed by atoms with van der Waals surface area (Å²) in [6, 6.07) is 8.02. The van der Waals surface area contributed by atoms with Crippen molar-refractivity contribution in [3.63, 3.8) is 0 Å². The lowest BCUT2D eigenvalue weighted by atomic mass is 10.2. The molecule has 66 valence electrons. The Labute approximate surface area is 79.8 Å². The number of fused-ring (bicyclic) bond motifs is 1. The Bertz CT molecular complexity index is 445. The lowest BCUT2D eigenvalue weighted by Gasteiger charge is -1.89. The van der Waals surface area contributed by atoms with Crippen LogP contribution in [-0.2, 0) is 4.79 Å². The van der Waals surface area contributed by atoms with Gasteiger partial charge in [-0.1, -0.05) is 23.5 Å². The molecule has 0 aliphatic heterocycles. The van der Waals surface area contributed by atoms with Gasteiger partial charge >= 0.3 is 0 Å². The maximum Gasteiger partial charge on any atom is 0.299 e. The van der Waals surface area contributed by atoms with Gasteiger partial charge in [0.05, 0.1) is 0 Å². The third-order valence-electron chi connectivity index (χ3n) is 1.82. The third kappa shape index (κ3) is 1.55. The van der Waals surface area contributed by atoms with Crippen LogP contribution in [0, 0.1) is 6.92 Å². The van der Waals surface area contributed by atoms with Crippen LogP contribution in [-0.4, -0.2) is 6.47 Å². The average molecular weight is 192 g/mol. The molecule has 3 heteroatoms. The highest BCUT2D eigenvalue weighted by Gasteiger charge is 2.01. The summed E-state index contributed by atoms with van der Waals surface area (Å²) in [6.45, 7) is 2.50. The molecule has 0 unspecified atom stereocenters. The maximum absolute atomic E-state index is 10.1. The van der Waals surface area contributed by atoms with Crippen LogP contribution in [0.4, 0.5) is 0 Å². The zero-order chi connectivity index (χ0) is 9.26. The molecule has 2 nitrogen and oxygen atoms in total. The van der Waals surface area contributed by atoms with Gasteiger partial charge in [-0.2, -0.15) is 0 Å². The first kappa shape index (κ1) is 8.26. The maximum atomic E-state index is 10.1. The van der Waals surface area contributed by atoms with Gasteiger partial charge < -0.3 is 4.74 Å². The van der Waals surface area contributed by atoms with Crippen molar-refractivity contribution in [3.05, 3.63) is 29.8 Å². The number of thiophene rings is 1. The molecule has 1 aromatic carbocycles. The van der Waals surface area contributed by atoms with Gasteiger partial charge in [0.2, 0.25) is 0 Å². The van der Waals surface area contributed by atoms with Crippen LogP contribution in [0.5, 0.6) is 5.06 Å². The zero-order valence-corrected chi connectivity index (χ0v) is 7.93. The highest BCUT2D eigenvalue weighted by atomic mass is 32.1. The molecule has 0 aliphatic carbocycles. The number of aryl methyl sites for hydroxylation is 1. The molecule has 0 atom stereocenters. The van der Waals surface area contributed by atoms with Gasteiger partial charge in [0.25, 0.3) is 6.47 Å². The molecule has 0 aliphatic rings. The van der Waals surface area contributed by atoms with Gasteiger partial charge in [-0.15, -0.1) is 0 Å². The molecular formula is C10H8O2S. The Morgan fingerprint density at radius 2 is 2.23 bits per heavy atom. The van der Waals surface area contributed by atoms with Gasteiger partial charge in [0.1, 0.15) is 0 Å². The number of carbonyl (C=O) groups excluding carboxylic acids is 1. The van der Waals surface area contributed by atoms with Crippen molar-refractivity contribution in [2.45, 2.75) is 6.92 Å². The van der Waals surface area contributed by atoms with Crippen LogP contribution in [0.2, 0.25) is 0 Å². The van der Waals surface area contributed by atoms with Crippen molar-refractivity contribution in [1.82, 2.24) is 0 Å². The van der Waals surface area contributed by atoms with E-state index in [1.165, 1.54) is 16.9 Å². The molecule has 1 aromatic heterocycles. The lowest BCUT2D eigenvalue weighted by molar-refractivity contribution is -0.120. The van der Waals surface area contributed by atoms with Gasteiger partial charge in [-0.05, 0) is 23.9 Å². The van der Waals surface area contributed by atoms with Crippen molar-refractivity contribution in [2.75, 3.05) is 0 Å². The van der Waals surface area contributed by atoms with Crippen LogP contribution in [0.15, 0.2) is 24.3 Å². The summed E-state index contributed by atoms with van der Waals surface area (Å²) in [7, 11) is 0. The standard InChI is InChI=1S/C10H8O2S/c1-7-2-3-8-5-10(12-6-11)13-9(8)4-7/h2-6H,1H3. The summed E-state index contributed by atoms with van der Waals surface area (Å²) >= 11 is 1.48. The summed E-state index contributed by atoms with van der Waals surface area (Å²) in [5.74, 6) is 0. The summed E-state index contributed by atoms with van der Waals surface area (Å²) in [4.78, 5) is 10.1. The third-order valence-corrected chi connectivity index (χ3v) is 2.81. The molecule has 0 saturated carbocycles. The van der Waals surface area contributed by atoms with Crippen LogP contribution >= 0.6 is 11.3 Å². The molecule has 0 N–H and O–H groups in total. The van der Waals surface area contributed by atoms with Crippen molar-refractivity contribution in [3.8, 4) is 5.06 Å². The fourth-order valence-corrected chi connectivity index (χ4v) is 2.20. The quantitative estimate of drug-likeness (QED) is 0.684. The van der Waals surface area contributed by atoms with E-state index in [0.29, 0.717) is 11.5 Å². The van der Waals surface area contributed by atoms with Crippen molar-refractivity contribution >= 4 is 27.9 Å². The van der Waals surface area contributed by atoms with E-state index < -0.39 is 0 Å². The molecule has 2 aromatic rings. The average Bonchev–Trinajstić information content (AvgIpc) is 2.46. The lowest BCUT2D eigenvalue weighted by Crippen LogP contribution is -1.82. The normalized spacial score (nSPS) is 10.2. The molecule has 0 amide bonds. The van der Waals surface area contributed by atoms with Crippen LogP contribution in [0.25, 0.3) is 10.1 Å². The summed E-state index contributed by atoms with van der Waals surface area (Å²) in [5, 5.41) is 1.77. The monoisotopic (exact) mass is 192 g/mol. The number of hydrogen-bond acceptors (Lipinski definition) is 3. The predicted octanol–water partition coefficient (Wildman–Crippen LogP) is 2.74. The molecular weight excluding hydrogens is 184 g/mol. The van der Waals surface area contributed by atoms with Crippen molar-refractivity contribution in [2.24, 2.45) is 0 Å². The summed E-state index contributed by atoms with van der Waals surface area (Å²) in [5.41, 5.74) is 1.21. The van der Waals surface area contributed by atoms with Gasteiger partial charge in [-0.3, -0.25) is 4.79 Å². The zero-order valence-electron chi connectivity index (χ0n) is 7.11. The minimum atomic E-state index is 0.456. The predicted molar refractivity (Wildman–Crippen MR) is 53.3 cm³/mol. The van der Waals surface area contributed by atoms with Gasteiger partial charge in [-0.25, -0.2) is 0 Å². The molecule has 0 saturated heterocycles. The Morgan fingerprint density at radius 3 is 3.00 bits per heavy atom. The largest absolute Gasteiger partial charge is 0.418 e. The van der Waals surface area contributed by atoms with E-state index in [9.17, 15) is 4.79 Å². The molecule has 0 spiro atoms. The van der Waals surface area contributed by atoms with Crippen molar-refractivity contribution in [1.29, 1.82) is 0 Å². The first-order chi connectivity index (χ1) is 6.29. The molecule has 13 heavy (non-hydrogen) atoms. The second kappa shape index (κ2) is 3.18. The topological polar surface area (TPSA) is 26.3 Å². The van der Waals surface area contributed by atoms with Gasteiger partial charge in [0.15, 0.2) is 5.06 Å². The SMILES string of the molecule is Cc1ccc2cc(OC=O)sc2c1. The minimum Gasteiger partial charge on any atom is -0.418 e. The molecule has 0 radical (unpaired) electrons. The van der Waals surface area contributed by atoms with E-state index in [0.717, 1.165) is 10.1 Å². The first-order valence-corrected chi connectivity index (χ1v) is 4.72. The first-order valence-electron chi connectivity index (χ1n) is 3.90. The Morgan fingerprint density at radius 1 is 1.38 bits per heavy atom. The second-order valence-electron chi connectivity index (χ2n) is 2.82. The van der Waals surface area contributed by atoms with Crippen LogP contribution < -0.4 is 4.74 Å². The summed E-state index contributed by atoms with van der Waals surface area (Å²) < 4.78 is 5.92. The Kier molecular flexibility index (Phi) is 2.02. The number of hydrogen-bond donors (Lipinski definition) is 0. The van der Waals surface area contributed by atoms with Crippen molar-refractivity contribution < 1.29 is 9.53 Å². The Balaban J connectivity index is 2.55. The van der Waals surface area contributed by atoms with Gasteiger partial charge in [0, 0.05) is 10.8 Å². The number of benzene rings is 1. The summed E-state index contributed by atoms with van der Waals surface area (Å²) in [6.07, 6.45) is 0. The van der Waals surface area contributed by atoms with E-state index in [1.54, 1.807) is 0 Å². The van der Waals surface area contributed by atoms with E-state index >= 15 is 0 Å². The van der Waals surface area contributed by atoms with E-state index in [4.69, 9.17) is 4.74 Å². The fraction of sp³-hybridized carbons (Fsp3) is 0.100. The fourth-order valence-electron chi connectivity index (χ4n) is 1.22.